The van der Waals surface area contributed by atoms with Crippen LogP contribution in [0.15, 0.2) is 18.2 Å². The van der Waals surface area contributed by atoms with E-state index in [9.17, 15) is 0 Å². The van der Waals surface area contributed by atoms with Crippen LogP contribution in [0.4, 0.5) is 0 Å². The highest BCUT2D eigenvalue weighted by molar-refractivity contribution is 5.72. The fraction of sp³-hybridized carbons (Fsp3) is 0.471. The summed E-state index contributed by atoms with van der Waals surface area (Å²) in [4.78, 5) is 0. The van der Waals surface area contributed by atoms with Crippen LogP contribution in [0.1, 0.15) is 30.3 Å². The van der Waals surface area contributed by atoms with Gasteiger partial charge in [0.05, 0.1) is 12.8 Å². The average molecular weight is 287 g/mol. The molecule has 4 heteroatoms. The molecule has 114 valence electrons. The summed E-state index contributed by atoms with van der Waals surface area (Å²) in [5.41, 5.74) is 5.98. The van der Waals surface area contributed by atoms with E-state index in [0.29, 0.717) is 0 Å². The first-order valence-corrected chi connectivity index (χ1v) is 7.46. The molecule has 21 heavy (non-hydrogen) atoms. The van der Waals surface area contributed by atoms with Gasteiger partial charge in [-0.15, -0.1) is 0 Å². The largest absolute Gasteiger partial charge is 0.497 e. The molecule has 0 unspecified atom stereocenters. The van der Waals surface area contributed by atoms with Crippen molar-refractivity contribution in [2.75, 3.05) is 13.7 Å². The molecule has 0 atom stereocenters. The van der Waals surface area contributed by atoms with Crippen molar-refractivity contribution in [1.82, 2.24) is 15.1 Å². The molecule has 0 amide bonds. The first-order valence-electron chi connectivity index (χ1n) is 7.46. The van der Waals surface area contributed by atoms with Gasteiger partial charge in [-0.1, -0.05) is 13.0 Å². The molecule has 0 aliphatic heterocycles. The zero-order valence-corrected chi connectivity index (χ0v) is 13.7. The number of hydrogen-bond acceptors (Lipinski definition) is 3. The van der Waals surface area contributed by atoms with Gasteiger partial charge in [0.15, 0.2) is 0 Å². The molecule has 2 rings (SSSR count). The Morgan fingerprint density at radius 3 is 2.62 bits per heavy atom. The van der Waals surface area contributed by atoms with Gasteiger partial charge < -0.3 is 10.1 Å². The van der Waals surface area contributed by atoms with Crippen molar-refractivity contribution < 1.29 is 4.74 Å². The van der Waals surface area contributed by atoms with Crippen molar-refractivity contribution in [1.29, 1.82) is 0 Å². The van der Waals surface area contributed by atoms with E-state index in [1.54, 1.807) is 7.11 Å². The van der Waals surface area contributed by atoms with Gasteiger partial charge in [0.1, 0.15) is 5.75 Å². The number of aromatic nitrogens is 2. The molecule has 0 bridgehead atoms. The van der Waals surface area contributed by atoms with E-state index in [1.807, 2.05) is 17.8 Å². The maximum absolute atomic E-state index is 5.37. The second-order valence-electron chi connectivity index (χ2n) is 5.37. The summed E-state index contributed by atoms with van der Waals surface area (Å²) >= 11 is 0. The highest BCUT2D eigenvalue weighted by Crippen LogP contribution is 2.32. The van der Waals surface area contributed by atoms with Crippen LogP contribution in [0.5, 0.6) is 5.75 Å². The van der Waals surface area contributed by atoms with Crippen molar-refractivity contribution in [3.8, 4) is 16.9 Å². The van der Waals surface area contributed by atoms with Crippen LogP contribution in [-0.4, -0.2) is 23.4 Å². The number of benzene rings is 1. The van der Waals surface area contributed by atoms with Crippen molar-refractivity contribution in [2.24, 2.45) is 7.05 Å². The van der Waals surface area contributed by atoms with E-state index in [2.05, 4.69) is 43.3 Å². The predicted octanol–water partition coefficient (Wildman–Crippen LogP) is 3.21. The second-order valence-corrected chi connectivity index (χ2v) is 5.37. The van der Waals surface area contributed by atoms with Crippen molar-refractivity contribution >= 4 is 0 Å². The summed E-state index contributed by atoms with van der Waals surface area (Å²) < 4.78 is 7.31. The Hall–Kier alpha value is -1.81. The molecule has 0 aliphatic carbocycles. The Morgan fingerprint density at radius 2 is 2.05 bits per heavy atom. The summed E-state index contributed by atoms with van der Waals surface area (Å²) in [6.07, 6.45) is 1.13. The highest BCUT2D eigenvalue weighted by atomic mass is 16.5. The smallest absolute Gasteiger partial charge is 0.119 e. The Kier molecular flexibility index (Phi) is 5.02. The van der Waals surface area contributed by atoms with Crippen LogP contribution in [0.3, 0.4) is 0 Å². The lowest BCUT2D eigenvalue weighted by Crippen LogP contribution is -2.14. The molecule has 0 saturated carbocycles. The predicted molar refractivity (Wildman–Crippen MR) is 86.7 cm³/mol. The van der Waals surface area contributed by atoms with Crippen LogP contribution >= 0.6 is 0 Å². The minimum Gasteiger partial charge on any atom is -0.497 e. The fourth-order valence-electron chi connectivity index (χ4n) is 2.65. The molecular formula is C17H25N3O. The number of hydrogen-bond donors (Lipinski definition) is 1. The van der Waals surface area contributed by atoms with Crippen molar-refractivity contribution in [3.63, 3.8) is 0 Å². The van der Waals surface area contributed by atoms with Gasteiger partial charge in [-0.25, -0.2) is 0 Å². The number of nitrogens with one attached hydrogen (secondary N) is 1. The molecule has 1 heterocycles. The third-order valence-corrected chi connectivity index (χ3v) is 3.83. The summed E-state index contributed by atoms with van der Waals surface area (Å²) in [6, 6.07) is 6.27. The SMILES string of the molecule is CCCNCc1cc(OC)ccc1-c1c(C)nn(C)c1C. The van der Waals surface area contributed by atoms with Crippen LogP contribution in [0.25, 0.3) is 11.1 Å². The molecular weight excluding hydrogens is 262 g/mol. The Labute approximate surface area is 127 Å². The molecule has 1 aromatic carbocycles. The van der Waals surface area contributed by atoms with Gasteiger partial charge in [0, 0.05) is 24.8 Å². The molecule has 0 radical (unpaired) electrons. The lowest BCUT2D eigenvalue weighted by Gasteiger charge is -2.13. The molecule has 1 aromatic heterocycles. The minimum atomic E-state index is 0.841. The second kappa shape index (κ2) is 6.76. The van der Waals surface area contributed by atoms with Crippen molar-refractivity contribution in [2.45, 2.75) is 33.7 Å². The third-order valence-electron chi connectivity index (χ3n) is 3.83. The summed E-state index contributed by atoms with van der Waals surface area (Å²) in [5.74, 6) is 0.895. The van der Waals surface area contributed by atoms with Crippen LogP contribution in [0, 0.1) is 13.8 Å². The lowest BCUT2D eigenvalue weighted by atomic mass is 9.97. The molecule has 0 spiro atoms. The molecule has 4 nitrogen and oxygen atoms in total. The number of methoxy groups -OCH3 is 1. The molecule has 0 fully saturated rings. The van der Waals surface area contributed by atoms with Gasteiger partial charge in [0.25, 0.3) is 0 Å². The molecule has 0 aliphatic rings. The number of rotatable bonds is 6. The van der Waals surface area contributed by atoms with E-state index in [1.165, 1.54) is 22.4 Å². The van der Waals surface area contributed by atoms with Gasteiger partial charge in [-0.3, -0.25) is 4.68 Å². The van der Waals surface area contributed by atoms with Crippen molar-refractivity contribution in [3.05, 3.63) is 35.2 Å². The number of aryl methyl sites for hydroxylation is 2. The van der Waals surface area contributed by atoms with Crippen LogP contribution in [-0.2, 0) is 13.6 Å². The quantitative estimate of drug-likeness (QED) is 0.829. The molecule has 1 N–H and O–H groups in total. The van der Waals surface area contributed by atoms with E-state index in [4.69, 9.17) is 4.74 Å². The monoisotopic (exact) mass is 287 g/mol. The van der Waals surface area contributed by atoms with Gasteiger partial charge in [0.2, 0.25) is 0 Å². The molecule has 2 aromatic rings. The van der Waals surface area contributed by atoms with E-state index in [0.717, 1.165) is 31.0 Å². The van der Waals surface area contributed by atoms with Crippen LogP contribution in [0.2, 0.25) is 0 Å². The molecule has 0 saturated heterocycles. The first-order chi connectivity index (χ1) is 10.1. The lowest BCUT2D eigenvalue weighted by molar-refractivity contribution is 0.414. The normalized spacial score (nSPS) is 10.9. The van der Waals surface area contributed by atoms with E-state index < -0.39 is 0 Å². The fourth-order valence-corrected chi connectivity index (χ4v) is 2.65. The summed E-state index contributed by atoms with van der Waals surface area (Å²) in [7, 11) is 3.70. The summed E-state index contributed by atoms with van der Waals surface area (Å²) in [5, 5.41) is 8.01. The van der Waals surface area contributed by atoms with Gasteiger partial charge >= 0.3 is 0 Å². The summed E-state index contributed by atoms with van der Waals surface area (Å²) in [6.45, 7) is 8.21. The minimum absolute atomic E-state index is 0.841. The zero-order valence-electron chi connectivity index (χ0n) is 13.7. The van der Waals surface area contributed by atoms with Crippen LogP contribution < -0.4 is 10.1 Å². The number of nitrogens with zero attached hydrogens (tertiary/aromatic N) is 2. The topological polar surface area (TPSA) is 39.1 Å². The van der Waals surface area contributed by atoms with E-state index >= 15 is 0 Å². The van der Waals surface area contributed by atoms with E-state index in [-0.39, 0.29) is 0 Å². The Bertz CT molecular complexity index is 617. The third kappa shape index (κ3) is 3.27. The average Bonchev–Trinajstić information content (AvgIpc) is 2.72. The zero-order chi connectivity index (χ0) is 15.4. The van der Waals surface area contributed by atoms with Gasteiger partial charge in [-0.2, -0.15) is 5.10 Å². The maximum atomic E-state index is 5.37. The Balaban J connectivity index is 2.46. The maximum Gasteiger partial charge on any atom is 0.119 e. The highest BCUT2D eigenvalue weighted by Gasteiger charge is 2.15. The standard InChI is InChI=1S/C17H25N3O/c1-6-9-18-11-14-10-15(21-5)7-8-16(14)17-12(2)19-20(4)13(17)3/h7-8,10,18H,6,9,11H2,1-5H3. The number of ether oxygens (including phenoxy) is 1. The Morgan fingerprint density at radius 1 is 1.29 bits per heavy atom. The van der Waals surface area contributed by atoms with Gasteiger partial charge in [-0.05, 0) is 50.1 Å². The first kappa shape index (κ1) is 15.6.